The Labute approximate surface area is 132 Å². The number of carbonyl (C=O) groups excluding carboxylic acids is 2. The van der Waals surface area contributed by atoms with Gasteiger partial charge in [0, 0.05) is 23.8 Å². The van der Waals surface area contributed by atoms with Crippen LogP contribution in [0, 0.1) is 28.6 Å². The molecule has 5 atom stereocenters. The Morgan fingerprint density at radius 3 is 2.77 bits per heavy atom. The maximum atomic E-state index is 12.5. The van der Waals surface area contributed by atoms with Crippen molar-refractivity contribution in [3.05, 3.63) is 23.8 Å². The first-order valence-electron chi connectivity index (χ1n) is 8.69. The average molecular weight is 299 g/mol. The summed E-state index contributed by atoms with van der Waals surface area (Å²) >= 11 is 0. The van der Waals surface area contributed by atoms with Crippen LogP contribution >= 0.6 is 0 Å². The Balaban J connectivity index is 1.72. The molecule has 0 aromatic rings. The first-order valence-corrected chi connectivity index (χ1v) is 8.69. The highest BCUT2D eigenvalue weighted by molar-refractivity contribution is 6.01. The number of allylic oxidation sites excluding steroid dienone is 4. The van der Waals surface area contributed by atoms with E-state index in [1.807, 2.05) is 6.08 Å². The van der Waals surface area contributed by atoms with Crippen molar-refractivity contribution in [2.45, 2.75) is 45.4 Å². The van der Waals surface area contributed by atoms with Crippen LogP contribution in [0.3, 0.4) is 0 Å². The van der Waals surface area contributed by atoms with E-state index in [2.05, 4.69) is 13.0 Å². The van der Waals surface area contributed by atoms with Crippen LogP contribution in [0.25, 0.3) is 0 Å². The first kappa shape index (κ1) is 14.4. The maximum Gasteiger partial charge on any atom is 0.178 e. The molecule has 3 heteroatoms. The smallest absolute Gasteiger partial charge is 0.178 e. The van der Waals surface area contributed by atoms with Crippen molar-refractivity contribution in [2.75, 3.05) is 6.54 Å². The standard InChI is InChI=1S/C19H25NO2/c1-18-8-6-13(21)10-12(18)2-3-14-15(18)7-9-19(11-20)16(14)4-5-17(19)22/h6,8,10,14-16H,2-5,7,9,11,20H2,1H3/t14-,15+,16+,18+,19-/m1/s1. The predicted molar refractivity (Wildman–Crippen MR) is 85.0 cm³/mol. The molecule has 0 heterocycles. The molecule has 0 spiro atoms. The van der Waals surface area contributed by atoms with Crippen LogP contribution in [0.15, 0.2) is 23.8 Å². The summed E-state index contributed by atoms with van der Waals surface area (Å²) in [6, 6.07) is 0. The molecule has 4 aliphatic rings. The second kappa shape index (κ2) is 4.64. The van der Waals surface area contributed by atoms with E-state index >= 15 is 0 Å². The van der Waals surface area contributed by atoms with Gasteiger partial charge in [-0.2, -0.15) is 0 Å². The maximum absolute atomic E-state index is 12.5. The van der Waals surface area contributed by atoms with Gasteiger partial charge in [-0.15, -0.1) is 0 Å². The highest BCUT2D eigenvalue weighted by atomic mass is 16.1. The quantitative estimate of drug-likeness (QED) is 0.810. The van der Waals surface area contributed by atoms with Crippen LogP contribution in [-0.2, 0) is 9.59 Å². The first-order chi connectivity index (χ1) is 10.5. The zero-order chi connectivity index (χ0) is 15.5. The lowest BCUT2D eigenvalue weighted by atomic mass is 9.48. The summed E-state index contributed by atoms with van der Waals surface area (Å²) in [7, 11) is 0. The van der Waals surface area contributed by atoms with E-state index in [-0.39, 0.29) is 16.6 Å². The molecular formula is C19H25NO2. The van der Waals surface area contributed by atoms with Crippen LogP contribution in [0.5, 0.6) is 0 Å². The molecule has 0 radical (unpaired) electrons. The van der Waals surface area contributed by atoms with Crippen molar-refractivity contribution < 1.29 is 9.59 Å². The zero-order valence-electron chi connectivity index (χ0n) is 13.3. The summed E-state index contributed by atoms with van der Waals surface area (Å²) in [5, 5.41) is 0. The monoisotopic (exact) mass is 299 g/mol. The summed E-state index contributed by atoms with van der Waals surface area (Å²) in [5.41, 5.74) is 7.18. The van der Waals surface area contributed by atoms with Crippen LogP contribution in [0.2, 0.25) is 0 Å². The molecule has 4 rings (SSSR count). The Kier molecular flexibility index (Phi) is 3.03. The normalized spacial score (nSPS) is 46.8. The van der Waals surface area contributed by atoms with Crippen LogP contribution in [0.1, 0.15) is 45.4 Å². The number of hydrogen-bond acceptors (Lipinski definition) is 3. The summed E-state index contributed by atoms with van der Waals surface area (Å²) in [5.74, 6) is 2.16. The summed E-state index contributed by atoms with van der Waals surface area (Å²) in [6.07, 6.45) is 11.6. The lowest BCUT2D eigenvalue weighted by Crippen LogP contribution is -2.53. The molecule has 2 N–H and O–H groups in total. The summed E-state index contributed by atoms with van der Waals surface area (Å²) in [6.45, 7) is 2.82. The second-order valence-electron chi connectivity index (χ2n) is 7.96. The van der Waals surface area contributed by atoms with Gasteiger partial charge >= 0.3 is 0 Å². The van der Waals surface area contributed by atoms with E-state index in [0.29, 0.717) is 30.1 Å². The van der Waals surface area contributed by atoms with Crippen molar-refractivity contribution in [3.63, 3.8) is 0 Å². The number of Topliss-reactive ketones (excluding diaryl/α,β-unsaturated/α-hetero) is 1. The summed E-state index contributed by atoms with van der Waals surface area (Å²) < 4.78 is 0. The lowest BCUT2D eigenvalue weighted by Gasteiger charge is -2.56. The van der Waals surface area contributed by atoms with E-state index in [9.17, 15) is 9.59 Å². The van der Waals surface area contributed by atoms with Crippen molar-refractivity contribution in [1.82, 2.24) is 0 Å². The van der Waals surface area contributed by atoms with Gasteiger partial charge in [0.2, 0.25) is 0 Å². The number of nitrogens with two attached hydrogens (primary N) is 1. The molecule has 3 saturated carbocycles. The minimum absolute atomic E-state index is 0.0171. The highest BCUT2D eigenvalue weighted by Gasteiger charge is 2.59. The van der Waals surface area contributed by atoms with E-state index in [0.717, 1.165) is 38.5 Å². The Bertz CT molecular complexity index is 605. The average Bonchev–Trinajstić information content (AvgIpc) is 2.86. The molecule has 0 saturated heterocycles. The predicted octanol–water partition coefficient (Wildman–Crippen LogP) is 2.80. The minimum Gasteiger partial charge on any atom is -0.329 e. The molecule has 3 nitrogen and oxygen atoms in total. The molecule has 4 aliphatic carbocycles. The van der Waals surface area contributed by atoms with Gasteiger partial charge in [0.1, 0.15) is 5.78 Å². The molecule has 0 aromatic carbocycles. The van der Waals surface area contributed by atoms with Gasteiger partial charge in [0.05, 0.1) is 0 Å². The molecule has 118 valence electrons. The molecular weight excluding hydrogens is 274 g/mol. The molecule has 22 heavy (non-hydrogen) atoms. The van der Waals surface area contributed by atoms with Crippen LogP contribution in [-0.4, -0.2) is 18.1 Å². The third kappa shape index (κ3) is 1.66. The van der Waals surface area contributed by atoms with Crippen LogP contribution < -0.4 is 5.73 Å². The summed E-state index contributed by atoms with van der Waals surface area (Å²) in [4.78, 5) is 24.2. The third-order valence-corrected chi connectivity index (χ3v) is 7.37. The van der Waals surface area contributed by atoms with E-state index in [1.54, 1.807) is 6.08 Å². The van der Waals surface area contributed by atoms with E-state index < -0.39 is 0 Å². The van der Waals surface area contributed by atoms with Gasteiger partial charge in [-0.05, 0) is 62.0 Å². The molecule has 0 unspecified atom stereocenters. The number of hydrogen-bond donors (Lipinski definition) is 1. The molecule has 0 aromatic heterocycles. The molecule has 0 bridgehead atoms. The number of fused-ring (bicyclic) bond motifs is 5. The third-order valence-electron chi connectivity index (χ3n) is 7.37. The van der Waals surface area contributed by atoms with E-state index in [1.165, 1.54) is 5.57 Å². The largest absolute Gasteiger partial charge is 0.329 e. The topological polar surface area (TPSA) is 60.2 Å². The van der Waals surface area contributed by atoms with Crippen molar-refractivity contribution >= 4 is 11.6 Å². The van der Waals surface area contributed by atoms with Gasteiger partial charge in [-0.25, -0.2) is 0 Å². The molecule has 0 aliphatic heterocycles. The van der Waals surface area contributed by atoms with Crippen molar-refractivity contribution in [3.8, 4) is 0 Å². The number of carbonyl (C=O) groups is 2. The van der Waals surface area contributed by atoms with Gasteiger partial charge in [0.15, 0.2) is 5.78 Å². The molecule has 3 fully saturated rings. The minimum atomic E-state index is -0.229. The lowest BCUT2D eigenvalue weighted by molar-refractivity contribution is -0.132. The van der Waals surface area contributed by atoms with Gasteiger partial charge in [0.25, 0.3) is 0 Å². The van der Waals surface area contributed by atoms with Gasteiger partial charge in [-0.1, -0.05) is 18.6 Å². The fourth-order valence-electron chi connectivity index (χ4n) is 6.15. The van der Waals surface area contributed by atoms with Gasteiger partial charge < -0.3 is 5.73 Å². The Hall–Kier alpha value is -1.22. The fourth-order valence-corrected chi connectivity index (χ4v) is 6.15. The zero-order valence-corrected chi connectivity index (χ0v) is 13.3. The van der Waals surface area contributed by atoms with Crippen molar-refractivity contribution in [2.24, 2.45) is 34.3 Å². The van der Waals surface area contributed by atoms with E-state index in [4.69, 9.17) is 5.73 Å². The highest BCUT2D eigenvalue weighted by Crippen LogP contribution is 2.63. The second-order valence-corrected chi connectivity index (χ2v) is 7.96. The fraction of sp³-hybridized carbons (Fsp3) is 0.684. The van der Waals surface area contributed by atoms with Crippen LogP contribution in [0.4, 0.5) is 0 Å². The Morgan fingerprint density at radius 2 is 2.00 bits per heavy atom. The number of ketones is 2. The number of rotatable bonds is 1. The van der Waals surface area contributed by atoms with Crippen molar-refractivity contribution in [1.29, 1.82) is 0 Å². The van der Waals surface area contributed by atoms with Gasteiger partial charge in [-0.3, -0.25) is 9.59 Å². The SMILES string of the molecule is C[C@]12C=CC(=O)C=C1CC[C@H]1[C@@H]3CCC(=O)[C@@]3(CN)CC[C@@H]12. The Morgan fingerprint density at radius 1 is 1.18 bits per heavy atom. The molecule has 0 amide bonds.